The van der Waals surface area contributed by atoms with Gasteiger partial charge in [-0.1, -0.05) is 27.7 Å². The van der Waals surface area contributed by atoms with Crippen molar-refractivity contribution < 1.29 is 4.79 Å². The van der Waals surface area contributed by atoms with Gasteiger partial charge in [-0.3, -0.25) is 19.1 Å². The highest BCUT2D eigenvalue weighted by molar-refractivity contribution is 5.83. The van der Waals surface area contributed by atoms with Crippen LogP contribution in [0.5, 0.6) is 0 Å². The van der Waals surface area contributed by atoms with E-state index in [0.29, 0.717) is 13.1 Å². The number of rotatable bonds is 9. The fourth-order valence-electron chi connectivity index (χ4n) is 3.49. The summed E-state index contributed by atoms with van der Waals surface area (Å²) in [4.78, 5) is 41.5. The van der Waals surface area contributed by atoms with E-state index < -0.39 is 16.8 Å². The summed E-state index contributed by atoms with van der Waals surface area (Å²) in [5.41, 5.74) is 4.22. The van der Waals surface area contributed by atoms with Crippen LogP contribution in [0.1, 0.15) is 47.5 Å². The summed E-state index contributed by atoms with van der Waals surface area (Å²) in [6.45, 7) is 10.1. The Morgan fingerprint density at radius 2 is 1.97 bits per heavy atom. The van der Waals surface area contributed by atoms with Gasteiger partial charge in [-0.25, -0.2) is 4.79 Å². The van der Waals surface area contributed by atoms with E-state index in [1.165, 1.54) is 4.57 Å². The second kappa shape index (κ2) is 8.72. The lowest BCUT2D eigenvalue weighted by Crippen LogP contribution is -2.51. The Hall–Kier alpha value is -2.76. The van der Waals surface area contributed by atoms with E-state index in [-0.39, 0.29) is 41.7 Å². The van der Waals surface area contributed by atoms with E-state index in [1.807, 2.05) is 27.7 Å². The number of H-pyrrole nitrogens is 1. The van der Waals surface area contributed by atoms with E-state index >= 15 is 0 Å². The number of aromatic amines is 1. The fourth-order valence-corrected chi connectivity index (χ4v) is 3.49. The van der Waals surface area contributed by atoms with Crippen LogP contribution in [0, 0.1) is 29.1 Å². The molecule has 0 spiro atoms. The summed E-state index contributed by atoms with van der Waals surface area (Å²) in [7, 11) is 0. The molecule has 1 fully saturated rings. The van der Waals surface area contributed by atoms with Crippen molar-refractivity contribution in [3.63, 3.8) is 0 Å². The molecule has 1 amide bonds. The first-order valence-corrected chi connectivity index (χ1v) is 10.1. The lowest BCUT2D eigenvalue weighted by Gasteiger charge is -2.29. The number of amides is 1. The molecule has 1 aromatic heterocycles. The molecule has 0 saturated heterocycles. The molecule has 0 aliphatic heterocycles. The van der Waals surface area contributed by atoms with Crippen LogP contribution < -0.4 is 27.2 Å². The summed E-state index contributed by atoms with van der Waals surface area (Å²) in [6.07, 6.45) is 1.82. The van der Waals surface area contributed by atoms with Crippen LogP contribution in [0.3, 0.4) is 0 Å². The minimum Gasteiger partial charge on any atom is -0.383 e. The van der Waals surface area contributed by atoms with Crippen molar-refractivity contribution in [3.8, 4) is 6.07 Å². The van der Waals surface area contributed by atoms with Gasteiger partial charge < -0.3 is 16.0 Å². The zero-order chi connectivity index (χ0) is 21.9. The van der Waals surface area contributed by atoms with Crippen LogP contribution in [0.25, 0.3) is 0 Å². The van der Waals surface area contributed by atoms with Crippen LogP contribution in [0.2, 0.25) is 0 Å². The van der Waals surface area contributed by atoms with E-state index in [0.717, 1.165) is 12.8 Å². The van der Waals surface area contributed by atoms with Crippen LogP contribution in [0.4, 0.5) is 11.5 Å². The fraction of sp³-hybridized carbons (Fsp3) is 0.700. The lowest BCUT2D eigenvalue weighted by atomic mass is 9.98. The van der Waals surface area contributed by atoms with Gasteiger partial charge in [0.25, 0.3) is 5.56 Å². The number of nitriles is 1. The molecule has 0 aromatic carbocycles. The van der Waals surface area contributed by atoms with E-state index in [2.05, 4.69) is 16.4 Å². The molecule has 1 aromatic rings. The highest BCUT2D eigenvalue weighted by Crippen LogP contribution is 2.39. The zero-order valence-electron chi connectivity index (χ0n) is 17.9. The monoisotopic (exact) mass is 404 g/mol. The maximum absolute atomic E-state index is 12.7. The van der Waals surface area contributed by atoms with Gasteiger partial charge in [0.05, 0.1) is 12.6 Å². The topological polar surface area (TPSA) is 137 Å². The van der Waals surface area contributed by atoms with Crippen LogP contribution >= 0.6 is 0 Å². The Morgan fingerprint density at radius 3 is 2.45 bits per heavy atom. The van der Waals surface area contributed by atoms with E-state index in [9.17, 15) is 19.6 Å². The van der Waals surface area contributed by atoms with Gasteiger partial charge in [-0.2, -0.15) is 5.26 Å². The van der Waals surface area contributed by atoms with E-state index in [4.69, 9.17) is 5.73 Å². The number of nitrogens with zero attached hydrogens (tertiary/aromatic N) is 3. The number of nitrogens with two attached hydrogens (primary N) is 1. The second-order valence-electron chi connectivity index (χ2n) is 8.91. The average molecular weight is 405 g/mol. The number of carbonyl (C=O) groups excluding carboxylic acids is 1. The molecule has 1 atom stereocenters. The first-order valence-electron chi connectivity index (χ1n) is 10.1. The summed E-state index contributed by atoms with van der Waals surface area (Å²) < 4.78 is 1.33. The molecule has 160 valence electrons. The highest BCUT2D eigenvalue weighted by Gasteiger charge is 2.43. The number of nitrogen functional groups attached to an aromatic ring is 1. The molecular weight excluding hydrogens is 372 g/mol. The molecule has 1 aliphatic rings. The van der Waals surface area contributed by atoms with Crippen molar-refractivity contribution in [1.82, 2.24) is 14.9 Å². The SMILES string of the molecule is CC(C)CN(CC(=O)NC(C)(C#N)C1CC1)c1c(N)n(CC(C)C)c(=O)[nH]c1=O. The third kappa shape index (κ3) is 5.40. The van der Waals surface area contributed by atoms with Crippen molar-refractivity contribution >= 4 is 17.4 Å². The summed E-state index contributed by atoms with van der Waals surface area (Å²) in [5, 5.41) is 12.3. The second-order valence-corrected chi connectivity index (χ2v) is 8.91. The van der Waals surface area contributed by atoms with Crippen molar-refractivity contribution in [1.29, 1.82) is 5.26 Å². The lowest BCUT2D eigenvalue weighted by molar-refractivity contribution is -0.121. The van der Waals surface area contributed by atoms with Gasteiger partial charge in [0.2, 0.25) is 5.91 Å². The maximum Gasteiger partial charge on any atom is 0.330 e. The number of anilines is 2. The minimum atomic E-state index is -0.922. The Kier molecular flexibility index (Phi) is 6.77. The van der Waals surface area contributed by atoms with Gasteiger partial charge in [0.15, 0.2) is 0 Å². The first-order chi connectivity index (χ1) is 13.5. The molecular formula is C20H32N6O3. The van der Waals surface area contributed by atoms with Crippen LogP contribution in [-0.4, -0.2) is 34.1 Å². The number of aromatic nitrogens is 2. The molecule has 9 nitrogen and oxygen atoms in total. The molecule has 0 bridgehead atoms. The van der Waals surface area contributed by atoms with Crippen molar-refractivity contribution in [3.05, 3.63) is 20.8 Å². The molecule has 0 radical (unpaired) electrons. The highest BCUT2D eigenvalue weighted by atomic mass is 16.2. The molecule has 1 saturated carbocycles. The zero-order valence-corrected chi connectivity index (χ0v) is 17.9. The van der Waals surface area contributed by atoms with Crippen molar-refractivity contribution in [2.75, 3.05) is 23.7 Å². The predicted molar refractivity (Wildman–Crippen MR) is 113 cm³/mol. The predicted octanol–water partition coefficient (Wildman–Crippen LogP) is 1.05. The molecule has 9 heteroatoms. The first kappa shape index (κ1) is 22.5. The minimum absolute atomic E-state index is 0.0473. The van der Waals surface area contributed by atoms with E-state index in [1.54, 1.807) is 11.8 Å². The summed E-state index contributed by atoms with van der Waals surface area (Å²) in [5.74, 6) is 0.118. The standard InChI is InChI=1S/C20H32N6O3/c1-12(2)8-25(10-15(27)24-20(5,11-21)14-6-7-14)16-17(22)26(9-13(3)4)19(29)23-18(16)28/h12-14H,6-10,22H2,1-5H3,(H,24,27)(H,23,28,29). The Morgan fingerprint density at radius 1 is 1.34 bits per heavy atom. The Balaban J connectivity index is 2.37. The van der Waals surface area contributed by atoms with Gasteiger partial charge in [-0.05, 0) is 37.5 Å². The molecule has 1 aliphatic carbocycles. The van der Waals surface area contributed by atoms with Gasteiger partial charge in [-0.15, -0.1) is 0 Å². The van der Waals surface area contributed by atoms with Gasteiger partial charge in [0, 0.05) is 13.1 Å². The molecule has 2 rings (SSSR count). The number of hydrogen-bond donors (Lipinski definition) is 3. The summed E-state index contributed by atoms with van der Waals surface area (Å²) >= 11 is 0. The largest absolute Gasteiger partial charge is 0.383 e. The quantitative estimate of drug-likeness (QED) is 0.562. The van der Waals surface area contributed by atoms with Crippen LogP contribution in [-0.2, 0) is 11.3 Å². The van der Waals surface area contributed by atoms with Crippen LogP contribution in [0.15, 0.2) is 9.59 Å². The number of nitrogens with one attached hydrogen (secondary N) is 2. The number of carbonyl (C=O) groups is 1. The van der Waals surface area contributed by atoms with Crippen molar-refractivity contribution in [2.45, 2.75) is 59.5 Å². The van der Waals surface area contributed by atoms with Gasteiger partial charge >= 0.3 is 5.69 Å². The van der Waals surface area contributed by atoms with Gasteiger partial charge in [0.1, 0.15) is 17.0 Å². The smallest absolute Gasteiger partial charge is 0.330 e. The number of hydrogen-bond acceptors (Lipinski definition) is 6. The molecule has 1 unspecified atom stereocenters. The molecule has 1 heterocycles. The third-order valence-electron chi connectivity index (χ3n) is 5.02. The summed E-state index contributed by atoms with van der Waals surface area (Å²) in [6, 6.07) is 2.20. The maximum atomic E-state index is 12.7. The average Bonchev–Trinajstić information content (AvgIpc) is 3.42. The Labute approximate surface area is 170 Å². The third-order valence-corrected chi connectivity index (χ3v) is 5.02. The molecule has 4 N–H and O–H groups in total. The van der Waals surface area contributed by atoms with Crippen molar-refractivity contribution in [2.24, 2.45) is 17.8 Å². The normalized spacial score (nSPS) is 15.8. The Bertz CT molecular complexity index is 906. The molecule has 29 heavy (non-hydrogen) atoms.